The Morgan fingerprint density at radius 1 is 1.06 bits per heavy atom. The molecule has 0 saturated carbocycles. The molecule has 0 saturated heterocycles. The van der Waals surface area contributed by atoms with E-state index in [0.717, 1.165) is 23.9 Å². The minimum absolute atomic E-state index is 0.332. The molecule has 3 heteroatoms. The minimum atomic E-state index is -0.885. The van der Waals surface area contributed by atoms with Crippen molar-refractivity contribution in [3.63, 3.8) is 0 Å². The topological polar surface area (TPSA) is 40.5 Å². The Morgan fingerprint density at radius 2 is 1.67 bits per heavy atom. The second-order valence-electron chi connectivity index (χ2n) is 4.22. The van der Waals surface area contributed by atoms with Gasteiger partial charge < -0.3 is 10.0 Å². The molecule has 0 fully saturated rings. The van der Waals surface area contributed by atoms with Gasteiger partial charge in [-0.15, -0.1) is 0 Å². The van der Waals surface area contributed by atoms with Gasteiger partial charge in [0.25, 0.3) is 0 Å². The number of hydrogen-bond donors (Lipinski definition) is 1. The highest BCUT2D eigenvalue weighted by molar-refractivity contribution is 5.95. The van der Waals surface area contributed by atoms with Crippen LogP contribution >= 0.6 is 0 Å². The van der Waals surface area contributed by atoms with Gasteiger partial charge in [0, 0.05) is 18.8 Å². The highest BCUT2D eigenvalue weighted by Crippen LogP contribution is 2.23. The normalized spacial score (nSPS) is 10.6. The lowest BCUT2D eigenvalue weighted by Crippen LogP contribution is -2.21. The van der Waals surface area contributed by atoms with Crippen LogP contribution in [0.15, 0.2) is 36.4 Å². The number of fused-ring (bicyclic) bond motifs is 1. The smallest absolute Gasteiger partial charge is 0.335 e. The van der Waals surface area contributed by atoms with Crippen molar-refractivity contribution in [2.75, 3.05) is 18.0 Å². The van der Waals surface area contributed by atoms with Crippen molar-refractivity contribution in [1.82, 2.24) is 0 Å². The molecule has 0 aliphatic rings. The zero-order valence-electron chi connectivity index (χ0n) is 10.7. The zero-order valence-corrected chi connectivity index (χ0v) is 10.7. The Balaban J connectivity index is 2.47. The molecule has 0 unspecified atom stereocenters. The molecule has 18 heavy (non-hydrogen) atoms. The summed E-state index contributed by atoms with van der Waals surface area (Å²) in [6.07, 6.45) is 0. The third-order valence-electron chi connectivity index (χ3n) is 3.20. The number of carbonyl (C=O) groups is 1. The fourth-order valence-electron chi connectivity index (χ4n) is 2.15. The maximum Gasteiger partial charge on any atom is 0.335 e. The average molecular weight is 243 g/mol. The number of rotatable bonds is 4. The van der Waals surface area contributed by atoms with Crippen LogP contribution < -0.4 is 4.90 Å². The van der Waals surface area contributed by atoms with Crippen molar-refractivity contribution >= 4 is 22.4 Å². The predicted molar refractivity (Wildman–Crippen MR) is 74.5 cm³/mol. The quantitative estimate of drug-likeness (QED) is 0.894. The summed E-state index contributed by atoms with van der Waals surface area (Å²) in [5.41, 5.74) is 1.51. The predicted octanol–water partition coefficient (Wildman–Crippen LogP) is 3.38. The van der Waals surface area contributed by atoms with Crippen LogP contribution in [-0.2, 0) is 0 Å². The van der Waals surface area contributed by atoms with Gasteiger partial charge in [-0.1, -0.05) is 12.1 Å². The van der Waals surface area contributed by atoms with Gasteiger partial charge in [0.15, 0.2) is 0 Å². The summed E-state index contributed by atoms with van der Waals surface area (Å²) in [4.78, 5) is 13.2. The van der Waals surface area contributed by atoms with E-state index in [9.17, 15) is 4.79 Å². The lowest BCUT2D eigenvalue weighted by Gasteiger charge is -2.21. The molecule has 94 valence electrons. The number of benzene rings is 2. The molecule has 0 aliphatic heterocycles. The Bertz CT molecular complexity index is 574. The van der Waals surface area contributed by atoms with Crippen molar-refractivity contribution in [2.24, 2.45) is 0 Å². The number of hydrogen-bond acceptors (Lipinski definition) is 2. The summed E-state index contributed by atoms with van der Waals surface area (Å²) < 4.78 is 0. The largest absolute Gasteiger partial charge is 0.478 e. The maximum absolute atomic E-state index is 10.9. The van der Waals surface area contributed by atoms with Gasteiger partial charge in [0.1, 0.15) is 0 Å². The second-order valence-corrected chi connectivity index (χ2v) is 4.22. The fraction of sp³-hybridized carbons (Fsp3) is 0.267. The first-order valence-electron chi connectivity index (χ1n) is 6.17. The van der Waals surface area contributed by atoms with E-state index in [1.807, 2.05) is 18.2 Å². The first-order chi connectivity index (χ1) is 8.65. The summed E-state index contributed by atoms with van der Waals surface area (Å²) in [5, 5.41) is 11.0. The van der Waals surface area contributed by atoms with Crippen LogP contribution in [0.2, 0.25) is 0 Å². The number of carboxylic acids is 1. The summed E-state index contributed by atoms with van der Waals surface area (Å²) >= 11 is 0. The SMILES string of the molecule is CCN(CC)c1ccc2cc(C(=O)O)ccc2c1. The molecule has 0 radical (unpaired) electrons. The Kier molecular flexibility index (Phi) is 3.51. The van der Waals surface area contributed by atoms with Crippen molar-refractivity contribution in [1.29, 1.82) is 0 Å². The van der Waals surface area contributed by atoms with Gasteiger partial charge in [0.2, 0.25) is 0 Å². The van der Waals surface area contributed by atoms with Gasteiger partial charge in [0.05, 0.1) is 5.56 Å². The van der Waals surface area contributed by atoms with Gasteiger partial charge in [-0.2, -0.15) is 0 Å². The molecular weight excluding hydrogens is 226 g/mol. The van der Waals surface area contributed by atoms with E-state index in [1.165, 1.54) is 5.69 Å². The molecule has 2 rings (SSSR count). The van der Waals surface area contributed by atoms with Crippen LogP contribution in [0.5, 0.6) is 0 Å². The summed E-state index contributed by atoms with van der Waals surface area (Å²) in [6.45, 7) is 6.19. The summed E-state index contributed by atoms with van der Waals surface area (Å²) in [5.74, 6) is -0.885. The van der Waals surface area contributed by atoms with Crippen LogP contribution in [0.3, 0.4) is 0 Å². The van der Waals surface area contributed by atoms with Crippen molar-refractivity contribution in [3.8, 4) is 0 Å². The molecule has 0 atom stereocenters. The van der Waals surface area contributed by atoms with Gasteiger partial charge in [-0.25, -0.2) is 4.79 Å². The standard InChI is InChI=1S/C15H17NO2/c1-3-16(4-2)14-8-7-11-9-13(15(17)18)6-5-12(11)10-14/h5-10H,3-4H2,1-2H3,(H,17,18). The minimum Gasteiger partial charge on any atom is -0.478 e. The molecule has 0 aromatic heterocycles. The van der Waals surface area contributed by atoms with E-state index >= 15 is 0 Å². The van der Waals surface area contributed by atoms with Crippen LogP contribution in [0.25, 0.3) is 10.8 Å². The number of carboxylic acid groups (broad SMARTS) is 1. The first kappa shape index (κ1) is 12.4. The highest BCUT2D eigenvalue weighted by atomic mass is 16.4. The molecule has 3 nitrogen and oxygen atoms in total. The number of anilines is 1. The second kappa shape index (κ2) is 5.08. The molecule has 1 N–H and O–H groups in total. The summed E-state index contributed by atoms with van der Waals surface area (Å²) in [7, 11) is 0. The van der Waals surface area contributed by atoms with E-state index in [-0.39, 0.29) is 0 Å². The van der Waals surface area contributed by atoms with Crippen molar-refractivity contribution in [2.45, 2.75) is 13.8 Å². The highest BCUT2D eigenvalue weighted by Gasteiger charge is 2.06. The third kappa shape index (κ3) is 2.30. The average Bonchev–Trinajstić information content (AvgIpc) is 2.39. The lowest BCUT2D eigenvalue weighted by molar-refractivity contribution is 0.0697. The van der Waals surface area contributed by atoms with Gasteiger partial charge in [-0.3, -0.25) is 0 Å². The molecule has 2 aromatic rings. The van der Waals surface area contributed by atoms with E-state index in [1.54, 1.807) is 12.1 Å². The maximum atomic E-state index is 10.9. The van der Waals surface area contributed by atoms with E-state index in [0.29, 0.717) is 5.56 Å². The molecule has 0 amide bonds. The van der Waals surface area contributed by atoms with Crippen LogP contribution in [0.4, 0.5) is 5.69 Å². The van der Waals surface area contributed by atoms with Gasteiger partial charge in [-0.05, 0) is 48.9 Å². The molecule has 0 heterocycles. The molecular formula is C15H17NO2. The van der Waals surface area contributed by atoms with Crippen LogP contribution in [0, 0.1) is 0 Å². The number of aromatic carboxylic acids is 1. The summed E-state index contributed by atoms with van der Waals surface area (Å²) in [6, 6.07) is 11.4. The van der Waals surface area contributed by atoms with Crippen molar-refractivity contribution < 1.29 is 9.90 Å². The van der Waals surface area contributed by atoms with E-state index in [4.69, 9.17) is 5.11 Å². The fourth-order valence-corrected chi connectivity index (χ4v) is 2.15. The number of nitrogens with zero attached hydrogens (tertiary/aromatic N) is 1. The lowest BCUT2D eigenvalue weighted by atomic mass is 10.1. The Labute approximate surface area is 107 Å². The van der Waals surface area contributed by atoms with Crippen LogP contribution in [-0.4, -0.2) is 24.2 Å². The van der Waals surface area contributed by atoms with E-state index in [2.05, 4.69) is 24.8 Å². The van der Waals surface area contributed by atoms with Crippen molar-refractivity contribution in [3.05, 3.63) is 42.0 Å². The molecule has 0 spiro atoms. The molecule has 0 bridgehead atoms. The monoisotopic (exact) mass is 243 g/mol. The van der Waals surface area contributed by atoms with E-state index < -0.39 is 5.97 Å². The Morgan fingerprint density at radius 3 is 2.28 bits per heavy atom. The Hall–Kier alpha value is -2.03. The third-order valence-corrected chi connectivity index (χ3v) is 3.20. The zero-order chi connectivity index (χ0) is 13.1. The molecule has 2 aromatic carbocycles. The first-order valence-corrected chi connectivity index (χ1v) is 6.17. The molecule has 0 aliphatic carbocycles. The van der Waals surface area contributed by atoms with Gasteiger partial charge >= 0.3 is 5.97 Å². The van der Waals surface area contributed by atoms with Crippen LogP contribution in [0.1, 0.15) is 24.2 Å².